The Hall–Kier alpha value is -1.68. The molecule has 3 aromatic carbocycles. The van der Waals surface area contributed by atoms with Crippen LogP contribution in [0.4, 0.5) is 0 Å². The predicted molar refractivity (Wildman–Crippen MR) is 114 cm³/mol. The number of aliphatic hydroxyl groups is 1. The number of halogens is 3. The van der Waals surface area contributed by atoms with E-state index >= 15 is 0 Å². The van der Waals surface area contributed by atoms with Crippen molar-refractivity contribution < 1.29 is 44.3 Å². The first kappa shape index (κ1) is 28.3. The smallest absolute Gasteiger partial charge is 0.512 e. The number of ketones is 1. The van der Waals surface area contributed by atoms with E-state index in [0.29, 0.717) is 31.8 Å². The van der Waals surface area contributed by atoms with Gasteiger partial charge >= 0.3 is 29.6 Å². The quantitative estimate of drug-likeness (QED) is 0.275. The minimum atomic E-state index is -1.19. The van der Waals surface area contributed by atoms with Gasteiger partial charge in [-0.05, 0) is 54.1 Å². The van der Waals surface area contributed by atoms with Crippen molar-refractivity contribution in [1.29, 1.82) is 5.26 Å². The second-order valence-electron chi connectivity index (χ2n) is 5.49. The Morgan fingerprint density at radius 1 is 0.800 bits per heavy atom. The zero-order chi connectivity index (χ0) is 21.8. The van der Waals surface area contributed by atoms with E-state index in [2.05, 4.69) is 0 Å². The summed E-state index contributed by atoms with van der Waals surface area (Å²) < 4.78 is 0. The fraction of sp³-hybridized carbons (Fsp3) is 0.0455. The SMILES string of the molecule is O=C(c1ccc(Cl)cc1)C(O)c1ccc(Cl)cc1.O=Cc1ccc(Cl)cc1.[C-]#N.[Na+]. The second-order valence-corrected chi connectivity index (χ2v) is 6.80. The molecule has 1 unspecified atom stereocenters. The maximum Gasteiger partial charge on any atom is 1.00 e. The molecule has 1 atom stereocenters. The predicted octanol–water partition coefficient (Wildman–Crippen LogP) is 3.16. The summed E-state index contributed by atoms with van der Waals surface area (Å²) in [4.78, 5) is 22.1. The van der Waals surface area contributed by atoms with Crippen molar-refractivity contribution in [2.45, 2.75) is 6.10 Å². The van der Waals surface area contributed by atoms with Crippen molar-refractivity contribution in [3.63, 3.8) is 0 Å². The van der Waals surface area contributed by atoms with Gasteiger partial charge in [0.15, 0.2) is 5.78 Å². The van der Waals surface area contributed by atoms with Crippen LogP contribution in [0.1, 0.15) is 32.4 Å². The zero-order valence-electron chi connectivity index (χ0n) is 15.9. The zero-order valence-corrected chi connectivity index (χ0v) is 20.2. The molecule has 0 heterocycles. The summed E-state index contributed by atoms with van der Waals surface area (Å²) in [6.07, 6.45) is -0.403. The van der Waals surface area contributed by atoms with Crippen molar-refractivity contribution in [3.05, 3.63) is 111 Å². The van der Waals surface area contributed by atoms with Gasteiger partial charge in [0.1, 0.15) is 12.4 Å². The summed E-state index contributed by atoms with van der Waals surface area (Å²) in [5, 5.41) is 18.0. The fourth-order valence-electron chi connectivity index (χ4n) is 2.11. The monoisotopic (exact) mass is 469 g/mol. The van der Waals surface area contributed by atoms with Crippen LogP contribution in [0, 0.1) is 11.8 Å². The molecule has 0 saturated heterocycles. The normalized spacial score (nSPS) is 10.1. The average molecular weight is 471 g/mol. The molecule has 3 aromatic rings. The Morgan fingerprint density at radius 3 is 1.57 bits per heavy atom. The van der Waals surface area contributed by atoms with E-state index < -0.39 is 6.10 Å². The van der Waals surface area contributed by atoms with E-state index in [0.717, 1.165) is 6.29 Å². The van der Waals surface area contributed by atoms with Gasteiger partial charge < -0.3 is 16.9 Å². The maximum atomic E-state index is 12.0. The summed E-state index contributed by atoms with van der Waals surface area (Å²) in [5.41, 5.74) is 1.58. The van der Waals surface area contributed by atoms with Crippen LogP contribution in [0.15, 0.2) is 72.8 Å². The van der Waals surface area contributed by atoms with Crippen LogP contribution in [0.5, 0.6) is 0 Å². The summed E-state index contributed by atoms with van der Waals surface area (Å²) >= 11 is 17.0. The van der Waals surface area contributed by atoms with Crippen LogP contribution < -0.4 is 29.6 Å². The molecule has 0 aromatic heterocycles. The van der Waals surface area contributed by atoms with Gasteiger partial charge in [-0.25, -0.2) is 0 Å². The first-order valence-corrected chi connectivity index (χ1v) is 9.20. The third-order valence-corrected chi connectivity index (χ3v) is 4.32. The van der Waals surface area contributed by atoms with Gasteiger partial charge in [0, 0.05) is 26.2 Å². The molecule has 0 amide bonds. The Labute approximate surface area is 212 Å². The molecule has 0 saturated carbocycles. The van der Waals surface area contributed by atoms with Gasteiger partial charge in [0.25, 0.3) is 0 Å². The molecule has 0 aliphatic heterocycles. The Balaban J connectivity index is 0.000000594. The molecule has 3 rings (SSSR count). The van der Waals surface area contributed by atoms with Crippen molar-refractivity contribution in [2.75, 3.05) is 0 Å². The van der Waals surface area contributed by atoms with Crippen LogP contribution in [0.2, 0.25) is 15.1 Å². The molecule has 148 valence electrons. The van der Waals surface area contributed by atoms with Crippen LogP contribution in [0.3, 0.4) is 0 Å². The number of rotatable bonds is 4. The van der Waals surface area contributed by atoms with Crippen LogP contribution in [-0.4, -0.2) is 17.2 Å². The molecular weight excluding hydrogens is 456 g/mol. The van der Waals surface area contributed by atoms with E-state index in [-0.39, 0.29) is 35.3 Å². The third kappa shape index (κ3) is 9.42. The van der Waals surface area contributed by atoms with E-state index in [1.54, 1.807) is 72.8 Å². The summed E-state index contributed by atoms with van der Waals surface area (Å²) in [5.74, 6) is -0.367. The number of Topliss-reactive ketones (excluding diaryl/α,β-unsaturated/α-hetero) is 1. The number of hydrogen-bond acceptors (Lipinski definition) is 4. The Bertz CT molecular complexity index is 944. The van der Waals surface area contributed by atoms with Gasteiger partial charge in [-0.2, -0.15) is 0 Å². The fourth-order valence-corrected chi connectivity index (χ4v) is 2.49. The third-order valence-electron chi connectivity index (χ3n) is 3.57. The van der Waals surface area contributed by atoms with Gasteiger partial charge in [-0.15, -0.1) is 0 Å². The molecule has 1 N–H and O–H groups in total. The van der Waals surface area contributed by atoms with E-state index in [9.17, 15) is 14.7 Å². The molecule has 8 heteroatoms. The molecular formula is C22H15Cl3NNaO3. The van der Waals surface area contributed by atoms with Gasteiger partial charge in [-0.3, -0.25) is 9.59 Å². The Kier molecular flexibility index (Phi) is 14.3. The molecule has 0 fully saturated rings. The van der Waals surface area contributed by atoms with Gasteiger partial charge in [0.2, 0.25) is 0 Å². The Morgan fingerprint density at radius 2 is 1.17 bits per heavy atom. The van der Waals surface area contributed by atoms with Crippen molar-refractivity contribution in [2.24, 2.45) is 0 Å². The summed E-state index contributed by atoms with van der Waals surface area (Å²) in [6.45, 7) is 4.75. The van der Waals surface area contributed by atoms with Crippen molar-refractivity contribution in [3.8, 4) is 0 Å². The number of nitrogens with zero attached hydrogens (tertiary/aromatic N) is 1. The molecule has 0 radical (unpaired) electrons. The van der Waals surface area contributed by atoms with Crippen LogP contribution in [0.25, 0.3) is 0 Å². The molecule has 30 heavy (non-hydrogen) atoms. The number of hydrogen-bond donors (Lipinski definition) is 1. The van der Waals surface area contributed by atoms with Crippen LogP contribution in [-0.2, 0) is 0 Å². The van der Waals surface area contributed by atoms with Crippen LogP contribution >= 0.6 is 34.8 Å². The largest absolute Gasteiger partial charge is 1.00 e. The first-order chi connectivity index (χ1) is 13.9. The number of aldehydes is 1. The topological polar surface area (TPSA) is 78.2 Å². The van der Waals surface area contributed by atoms with E-state index in [1.807, 2.05) is 0 Å². The average Bonchev–Trinajstić information content (AvgIpc) is 2.76. The minimum absolute atomic E-state index is 0. The standard InChI is InChI=1S/C14H10Cl2O2.C7H5ClO.CN.Na/c15-11-5-1-9(2-6-11)13(17)14(18)10-3-7-12(16)8-4-10;8-7-3-1-6(5-9)2-4-7;1-2;/h1-8,13,17H;1-5H;;/q;;-1;+1. The second kappa shape index (κ2) is 15.2. The van der Waals surface area contributed by atoms with E-state index in [4.69, 9.17) is 46.6 Å². The summed E-state index contributed by atoms with van der Waals surface area (Å²) in [6, 6.07) is 19.6. The maximum absolute atomic E-state index is 12.0. The molecule has 0 aliphatic rings. The van der Waals surface area contributed by atoms with Gasteiger partial charge in [0.05, 0.1) is 0 Å². The van der Waals surface area contributed by atoms with Crippen molar-refractivity contribution in [1.82, 2.24) is 0 Å². The number of carbonyl (C=O) groups is 2. The number of carbonyl (C=O) groups excluding carboxylic acids is 2. The number of aliphatic hydroxyl groups excluding tert-OH is 1. The minimum Gasteiger partial charge on any atom is -0.512 e. The molecule has 0 spiro atoms. The van der Waals surface area contributed by atoms with Gasteiger partial charge in [-0.1, -0.05) is 59.1 Å². The van der Waals surface area contributed by atoms with Crippen molar-refractivity contribution >= 4 is 46.9 Å². The summed E-state index contributed by atoms with van der Waals surface area (Å²) in [7, 11) is 0. The molecule has 4 nitrogen and oxygen atoms in total. The first-order valence-electron chi connectivity index (χ1n) is 8.07. The molecule has 0 bridgehead atoms. The molecule has 0 aliphatic carbocycles. The van der Waals surface area contributed by atoms with E-state index in [1.165, 1.54) is 0 Å². The number of benzene rings is 3.